The smallest absolute Gasteiger partial charge is 0.207 e. The van der Waals surface area contributed by atoms with Crippen molar-refractivity contribution in [1.29, 1.82) is 0 Å². The highest BCUT2D eigenvalue weighted by Gasteiger charge is 2.40. The molecule has 0 saturated heterocycles. The first-order valence-corrected chi connectivity index (χ1v) is 17.2. The number of hydrogen-bond acceptors (Lipinski definition) is 6. The molecule has 0 aliphatic carbocycles. The van der Waals surface area contributed by atoms with Gasteiger partial charge in [-0.1, -0.05) is 100 Å². The maximum absolute atomic E-state index is 4.70. The molecule has 0 saturated carbocycles. The van der Waals surface area contributed by atoms with Crippen molar-refractivity contribution in [2.24, 2.45) is 0 Å². The fraction of sp³-hybridized carbons (Fsp3) is 0.190. The van der Waals surface area contributed by atoms with E-state index in [2.05, 4.69) is 166 Å². The van der Waals surface area contributed by atoms with Crippen LogP contribution in [-0.2, 0) is 10.8 Å². The van der Waals surface area contributed by atoms with Crippen molar-refractivity contribution in [3.63, 3.8) is 0 Å². The summed E-state index contributed by atoms with van der Waals surface area (Å²) in [6, 6.07) is 39.7. The molecule has 244 valence electrons. The zero-order valence-electron chi connectivity index (χ0n) is 29.0. The highest BCUT2D eigenvalue weighted by Crippen LogP contribution is 2.56. The summed E-state index contributed by atoms with van der Waals surface area (Å²) in [7, 11) is 0. The summed E-state index contributed by atoms with van der Waals surface area (Å²) in [5, 5.41) is 18.7. The lowest BCUT2D eigenvalue weighted by atomic mass is 9.73. The Morgan fingerprint density at radius 3 is 1.00 bits per heavy atom. The quantitative estimate of drug-likeness (QED) is 0.185. The van der Waals surface area contributed by atoms with Gasteiger partial charge < -0.3 is 9.80 Å². The second-order valence-corrected chi connectivity index (χ2v) is 14.6. The minimum Gasteiger partial charge on any atom is -0.308 e. The molecule has 0 unspecified atom stereocenters. The van der Waals surface area contributed by atoms with Crippen LogP contribution in [0.4, 0.5) is 34.1 Å². The number of hydrogen-bond donors (Lipinski definition) is 0. The molecule has 0 N–H and O–H groups in total. The second-order valence-electron chi connectivity index (χ2n) is 14.6. The lowest BCUT2D eigenvalue weighted by molar-refractivity contribution is 0.631. The molecule has 0 spiro atoms. The molecule has 0 amide bonds. The monoisotopic (exact) mass is 652 g/mol. The van der Waals surface area contributed by atoms with E-state index in [0.717, 1.165) is 56.8 Å². The Bertz CT molecular complexity index is 2430. The Morgan fingerprint density at radius 2 is 0.680 bits per heavy atom. The van der Waals surface area contributed by atoms with Gasteiger partial charge in [-0.3, -0.25) is 8.80 Å². The molecule has 10 rings (SSSR count). The topological polar surface area (TPSA) is 66.9 Å². The van der Waals surface area contributed by atoms with Gasteiger partial charge in [-0.05, 0) is 72.5 Å². The number of nitrogens with zero attached hydrogens (tertiary/aromatic N) is 8. The minimum absolute atomic E-state index is 0.187. The summed E-state index contributed by atoms with van der Waals surface area (Å²) in [5.74, 6) is 1.57. The van der Waals surface area contributed by atoms with Gasteiger partial charge in [0.05, 0.1) is 45.2 Å². The molecule has 0 bridgehead atoms. The third kappa shape index (κ3) is 3.55. The first kappa shape index (κ1) is 28.9. The van der Waals surface area contributed by atoms with Crippen LogP contribution in [-0.4, -0.2) is 29.2 Å². The molecule has 5 heterocycles. The number of rotatable bonds is 2. The van der Waals surface area contributed by atoms with Crippen LogP contribution in [0.3, 0.4) is 0 Å². The van der Waals surface area contributed by atoms with E-state index in [0.29, 0.717) is 11.3 Å². The SMILES string of the molecule is Cc1nnc2c3nnc(C)n3c3c(N4c5ccccc5C(C)(C)c5ccccc54)ccc(N4c5ccccc5C(C)(C)c5ccccc54)c3n12. The molecule has 0 atom stereocenters. The normalized spacial score (nSPS) is 15.6. The Labute approximate surface area is 290 Å². The molecular weight excluding hydrogens is 617 g/mol. The van der Waals surface area contributed by atoms with E-state index >= 15 is 0 Å². The van der Waals surface area contributed by atoms with Crippen LogP contribution < -0.4 is 9.80 Å². The lowest BCUT2D eigenvalue weighted by Gasteiger charge is -2.43. The van der Waals surface area contributed by atoms with Crippen LogP contribution in [0, 0.1) is 13.8 Å². The van der Waals surface area contributed by atoms with Gasteiger partial charge >= 0.3 is 0 Å². The Morgan fingerprint density at radius 1 is 0.380 bits per heavy atom. The first-order valence-electron chi connectivity index (χ1n) is 17.2. The van der Waals surface area contributed by atoms with E-state index in [9.17, 15) is 0 Å². The molecule has 8 nitrogen and oxygen atoms in total. The van der Waals surface area contributed by atoms with E-state index in [-0.39, 0.29) is 10.8 Å². The van der Waals surface area contributed by atoms with Crippen LogP contribution in [0.15, 0.2) is 109 Å². The van der Waals surface area contributed by atoms with E-state index in [1.54, 1.807) is 0 Å². The average molecular weight is 653 g/mol. The third-order valence-corrected chi connectivity index (χ3v) is 11.2. The molecule has 8 aromatic rings. The molecule has 3 aromatic heterocycles. The summed E-state index contributed by atoms with van der Waals surface area (Å²) < 4.78 is 4.35. The fourth-order valence-electron chi connectivity index (χ4n) is 8.77. The fourth-order valence-corrected chi connectivity index (χ4v) is 8.77. The van der Waals surface area contributed by atoms with E-state index < -0.39 is 0 Å². The van der Waals surface area contributed by atoms with Gasteiger partial charge in [0.15, 0.2) is 0 Å². The van der Waals surface area contributed by atoms with Crippen LogP contribution in [0.5, 0.6) is 0 Å². The van der Waals surface area contributed by atoms with Crippen molar-refractivity contribution in [3.05, 3.63) is 143 Å². The summed E-state index contributed by atoms with van der Waals surface area (Å²) in [6.45, 7) is 13.3. The number of para-hydroxylation sites is 4. The third-order valence-electron chi connectivity index (χ3n) is 11.2. The van der Waals surface area contributed by atoms with Crippen molar-refractivity contribution in [3.8, 4) is 0 Å². The second kappa shape index (κ2) is 9.79. The van der Waals surface area contributed by atoms with Crippen molar-refractivity contribution in [1.82, 2.24) is 29.2 Å². The van der Waals surface area contributed by atoms with Gasteiger partial charge in [-0.15, -0.1) is 20.4 Å². The number of anilines is 6. The molecule has 5 aromatic carbocycles. The molecular formula is C42H36N8. The summed E-state index contributed by atoms with van der Waals surface area (Å²) >= 11 is 0. The standard InChI is InChI=1S/C42H36N8/c1-25-43-45-39-40-46-44-26(2)48(40)38-36(50-33-21-13-9-17-29(33)42(5,6)30-18-10-14-22-34(30)50)24-23-35(37(38)47(25)39)49-31-19-11-7-15-27(31)41(3,4)28-16-8-12-20-32(28)49/h7-24H,1-6H3. The largest absolute Gasteiger partial charge is 0.308 e. The first-order chi connectivity index (χ1) is 24.2. The van der Waals surface area contributed by atoms with E-state index in [1.807, 2.05) is 13.8 Å². The summed E-state index contributed by atoms with van der Waals surface area (Å²) in [4.78, 5) is 4.85. The zero-order valence-corrected chi connectivity index (χ0v) is 29.0. The number of benzene rings is 5. The van der Waals surface area contributed by atoms with Gasteiger partial charge in [0.25, 0.3) is 0 Å². The predicted octanol–water partition coefficient (Wildman–Crippen LogP) is 9.76. The molecule has 8 heteroatoms. The summed E-state index contributed by atoms with van der Waals surface area (Å²) in [5.41, 5.74) is 14.7. The van der Waals surface area contributed by atoms with Crippen molar-refractivity contribution in [2.45, 2.75) is 52.4 Å². The molecule has 2 aliphatic heterocycles. The van der Waals surface area contributed by atoms with Gasteiger partial charge in [0.1, 0.15) is 11.6 Å². The Balaban J connectivity index is 1.40. The predicted molar refractivity (Wildman–Crippen MR) is 200 cm³/mol. The molecule has 0 fully saturated rings. The van der Waals surface area contributed by atoms with E-state index in [4.69, 9.17) is 10.2 Å². The molecule has 2 aliphatic rings. The molecule has 0 radical (unpaired) electrons. The molecule has 50 heavy (non-hydrogen) atoms. The van der Waals surface area contributed by atoms with Gasteiger partial charge in [0.2, 0.25) is 11.3 Å². The highest BCUT2D eigenvalue weighted by atomic mass is 15.3. The van der Waals surface area contributed by atoms with Crippen molar-refractivity contribution < 1.29 is 0 Å². The minimum atomic E-state index is -0.187. The lowest BCUT2D eigenvalue weighted by Crippen LogP contribution is -2.31. The van der Waals surface area contributed by atoms with Crippen LogP contribution in [0.1, 0.15) is 61.6 Å². The van der Waals surface area contributed by atoms with Crippen LogP contribution in [0.2, 0.25) is 0 Å². The highest BCUT2D eigenvalue weighted by molar-refractivity contribution is 6.08. The van der Waals surface area contributed by atoms with E-state index in [1.165, 1.54) is 22.3 Å². The number of fused-ring (bicyclic) bond motifs is 10. The summed E-state index contributed by atoms with van der Waals surface area (Å²) in [6.07, 6.45) is 0. The number of aromatic nitrogens is 6. The number of aryl methyl sites for hydroxylation is 2. The Hall–Kier alpha value is -6.02. The van der Waals surface area contributed by atoms with Gasteiger partial charge in [-0.25, -0.2) is 0 Å². The average Bonchev–Trinajstić information content (AvgIpc) is 3.71. The van der Waals surface area contributed by atoms with Crippen LogP contribution in [0.25, 0.3) is 22.3 Å². The van der Waals surface area contributed by atoms with Crippen LogP contribution >= 0.6 is 0 Å². The Kier molecular flexibility index (Phi) is 5.66. The van der Waals surface area contributed by atoms with Crippen molar-refractivity contribution >= 4 is 56.5 Å². The van der Waals surface area contributed by atoms with Gasteiger partial charge in [0, 0.05) is 10.8 Å². The maximum atomic E-state index is 4.70. The maximum Gasteiger partial charge on any atom is 0.207 e. The van der Waals surface area contributed by atoms with Crippen molar-refractivity contribution in [2.75, 3.05) is 9.80 Å². The zero-order chi connectivity index (χ0) is 34.1. The van der Waals surface area contributed by atoms with Gasteiger partial charge in [-0.2, -0.15) is 0 Å².